The summed E-state index contributed by atoms with van der Waals surface area (Å²) in [5.74, 6) is 0.858. The van der Waals surface area contributed by atoms with Crippen molar-refractivity contribution in [3.63, 3.8) is 0 Å². The fourth-order valence-corrected chi connectivity index (χ4v) is 5.69. The zero-order valence-corrected chi connectivity index (χ0v) is 10.5. The molecule has 15 heavy (non-hydrogen) atoms. The summed E-state index contributed by atoms with van der Waals surface area (Å²) in [6.07, 6.45) is 8.57. The van der Waals surface area contributed by atoms with Gasteiger partial charge in [0.2, 0.25) is 0 Å². The smallest absolute Gasteiger partial charge is 0.0146 e. The minimum absolute atomic E-state index is 0.550. The normalized spacial score (nSPS) is 51.9. The highest BCUT2D eigenvalue weighted by Gasteiger charge is 2.68. The topological polar surface area (TPSA) is 0 Å². The molecule has 0 heterocycles. The molecule has 0 radical (unpaired) electrons. The Morgan fingerprint density at radius 2 is 1.87 bits per heavy atom. The highest BCUT2D eigenvalue weighted by Crippen LogP contribution is 2.77. The van der Waals surface area contributed by atoms with Crippen molar-refractivity contribution in [1.82, 2.24) is 0 Å². The van der Waals surface area contributed by atoms with Crippen molar-refractivity contribution >= 4 is 0 Å². The second-order valence-corrected chi connectivity index (χ2v) is 7.16. The average molecular weight is 204 g/mol. The van der Waals surface area contributed by atoms with Crippen molar-refractivity contribution in [2.75, 3.05) is 0 Å². The van der Waals surface area contributed by atoms with Crippen molar-refractivity contribution in [2.45, 2.75) is 59.3 Å². The predicted octanol–water partition coefficient (Wildman–Crippen LogP) is 4.56. The molecular formula is C15H24. The van der Waals surface area contributed by atoms with E-state index in [4.69, 9.17) is 0 Å². The van der Waals surface area contributed by atoms with E-state index in [0.717, 1.165) is 5.92 Å². The Balaban J connectivity index is 2.16. The molecule has 0 amide bonds. The molecule has 3 saturated carbocycles. The molecule has 0 aromatic carbocycles. The van der Waals surface area contributed by atoms with Gasteiger partial charge in [-0.2, -0.15) is 0 Å². The van der Waals surface area contributed by atoms with Crippen LogP contribution in [-0.2, 0) is 0 Å². The summed E-state index contributed by atoms with van der Waals surface area (Å²) in [7, 11) is 0. The molecule has 0 nitrogen and oxygen atoms in total. The van der Waals surface area contributed by atoms with E-state index < -0.39 is 0 Å². The molecule has 84 valence electrons. The fraction of sp³-hybridized carbons (Fsp3) is 0.867. The van der Waals surface area contributed by atoms with Gasteiger partial charge in [0.15, 0.2) is 0 Å². The predicted molar refractivity (Wildman–Crippen MR) is 64.7 cm³/mol. The second kappa shape index (κ2) is 2.52. The lowest BCUT2D eigenvalue weighted by Gasteiger charge is -2.55. The lowest BCUT2D eigenvalue weighted by atomic mass is 9.49. The van der Waals surface area contributed by atoms with E-state index in [-0.39, 0.29) is 0 Å². The maximum atomic E-state index is 4.37. The molecule has 0 aliphatic heterocycles. The molecule has 0 spiro atoms. The maximum Gasteiger partial charge on any atom is -0.0146 e. The molecule has 3 atom stereocenters. The quantitative estimate of drug-likeness (QED) is 0.507. The molecule has 3 fully saturated rings. The van der Waals surface area contributed by atoms with Gasteiger partial charge in [-0.1, -0.05) is 39.3 Å². The van der Waals surface area contributed by atoms with Crippen LogP contribution in [0.25, 0.3) is 0 Å². The molecule has 0 aromatic rings. The van der Waals surface area contributed by atoms with Crippen LogP contribution in [0, 0.1) is 22.2 Å². The summed E-state index contributed by atoms with van der Waals surface area (Å²) in [6, 6.07) is 0. The standard InChI is InChI=1S/C15H24/c1-11-10-15-9-6-12(11)14(15,4)8-5-7-13(15,2)3/h12H,1,5-10H2,2-4H3/t12-,14+,15+/m0/s1. The lowest BCUT2D eigenvalue weighted by Crippen LogP contribution is -2.48. The minimum Gasteiger partial charge on any atom is -0.0995 e. The van der Waals surface area contributed by atoms with Gasteiger partial charge in [0, 0.05) is 0 Å². The molecule has 0 heteroatoms. The van der Waals surface area contributed by atoms with Crippen molar-refractivity contribution in [3.8, 4) is 0 Å². The van der Waals surface area contributed by atoms with Gasteiger partial charge in [-0.05, 0) is 54.3 Å². The Hall–Kier alpha value is -0.260. The first-order valence-corrected chi connectivity index (χ1v) is 6.61. The van der Waals surface area contributed by atoms with Crippen molar-refractivity contribution in [3.05, 3.63) is 12.2 Å². The SMILES string of the molecule is C=C1C[C@@]23CC[C@@H]1[C@@]2(C)CCCC3(C)C. The monoisotopic (exact) mass is 204 g/mol. The van der Waals surface area contributed by atoms with E-state index in [0.29, 0.717) is 16.2 Å². The Morgan fingerprint density at radius 1 is 1.13 bits per heavy atom. The maximum absolute atomic E-state index is 4.37. The lowest BCUT2D eigenvalue weighted by molar-refractivity contribution is -0.0674. The van der Waals surface area contributed by atoms with Gasteiger partial charge in [0.25, 0.3) is 0 Å². The summed E-state index contributed by atoms with van der Waals surface area (Å²) >= 11 is 0. The van der Waals surface area contributed by atoms with Crippen LogP contribution in [0.5, 0.6) is 0 Å². The van der Waals surface area contributed by atoms with Gasteiger partial charge in [0.05, 0.1) is 0 Å². The summed E-state index contributed by atoms with van der Waals surface area (Å²) in [6.45, 7) is 12.0. The number of hydrogen-bond acceptors (Lipinski definition) is 0. The molecule has 2 bridgehead atoms. The van der Waals surface area contributed by atoms with E-state index in [2.05, 4.69) is 27.4 Å². The van der Waals surface area contributed by atoms with Crippen LogP contribution < -0.4 is 0 Å². The Labute approximate surface area is 94.1 Å². The highest BCUT2D eigenvalue weighted by molar-refractivity contribution is 5.30. The van der Waals surface area contributed by atoms with E-state index in [9.17, 15) is 0 Å². The first-order chi connectivity index (χ1) is 6.93. The third kappa shape index (κ3) is 0.867. The molecule has 3 aliphatic carbocycles. The van der Waals surface area contributed by atoms with Crippen LogP contribution in [-0.4, -0.2) is 0 Å². The number of rotatable bonds is 0. The van der Waals surface area contributed by atoms with E-state index in [1.165, 1.54) is 38.5 Å². The zero-order chi connectivity index (χ0) is 10.9. The molecule has 0 saturated heterocycles. The third-order valence-corrected chi connectivity index (χ3v) is 6.54. The van der Waals surface area contributed by atoms with Gasteiger partial charge in [-0.3, -0.25) is 0 Å². The van der Waals surface area contributed by atoms with E-state index in [1.807, 2.05) is 0 Å². The van der Waals surface area contributed by atoms with Crippen molar-refractivity contribution in [2.24, 2.45) is 22.2 Å². The Bertz CT molecular complexity index is 325. The highest BCUT2D eigenvalue weighted by atomic mass is 14.7. The van der Waals surface area contributed by atoms with E-state index in [1.54, 1.807) is 5.57 Å². The fourth-order valence-electron chi connectivity index (χ4n) is 5.69. The van der Waals surface area contributed by atoms with Crippen LogP contribution in [0.4, 0.5) is 0 Å². The summed E-state index contributed by atoms with van der Waals surface area (Å²) in [4.78, 5) is 0. The molecule has 0 unspecified atom stereocenters. The Morgan fingerprint density at radius 3 is 2.47 bits per heavy atom. The third-order valence-electron chi connectivity index (χ3n) is 6.54. The first-order valence-electron chi connectivity index (χ1n) is 6.61. The van der Waals surface area contributed by atoms with Crippen LogP contribution >= 0.6 is 0 Å². The molecule has 0 N–H and O–H groups in total. The summed E-state index contributed by atoms with van der Waals surface area (Å²) in [5.41, 5.74) is 3.35. The molecule has 3 rings (SSSR count). The number of allylic oxidation sites excluding steroid dienone is 1. The van der Waals surface area contributed by atoms with Gasteiger partial charge in [-0.25, -0.2) is 0 Å². The summed E-state index contributed by atoms with van der Waals surface area (Å²) < 4.78 is 0. The van der Waals surface area contributed by atoms with Crippen molar-refractivity contribution < 1.29 is 0 Å². The molecular weight excluding hydrogens is 180 g/mol. The van der Waals surface area contributed by atoms with Gasteiger partial charge < -0.3 is 0 Å². The van der Waals surface area contributed by atoms with Crippen molar-refractivity contribution in [1.29, 1.82) is 0 Å². The van der Waals surface area contributed by atoms with Crippen LogP contribution in [0.15, 0.2) is 12.2 Å². The van der Waals surface area contributed by atoms with E-state index >= 15 is 0 Å². The minimum atomic E-state index is 0.550. The van der Waals surface area contributed by atoms with Gasteiger partial charge in [-0.15, -0.1) is 0 Å². The van der Waals surface area contributed by atoms with Gasteiger partial charge >= 0.3 is 0 Å². The second-order valence-electron chi connectivity index (χ2n) is 7.16. The van der Waals surface area contributed by atoms with Crippen LogP contribution in [0.2, 0.25) is 0 Å². The Kier molecular flexibility index (Phi) is 1.67. The van der Waals surface area contributed by atoms with Gasteiger partial charge in [0.1, 0.15) is 0 Å². The average Bonchev–Trinajstić information content (AvgIpc) is 2.53. The molecule has 0 aromatic heterocycles. The van der Waals surface area contributed by atoms with Crippen LogP contribution in [0.1, 0.15) is 59.3 Å². The largest absolute Gasteiger partial charge is 0.0995 e. The molecule has 3 aliphatic rings. The number of hydrogen-bond donors (Lipinski definition) is 0. The van der Waals surface area contributed by atoms with Crippen LogP contribution in [0.3, 0.4) is 0 Å². The summed E-state index contributed by atoms with van der Waals surface area (Å²) in [5, 5.41) is 0. The first kappa shape index (κ1) is 9.93. The zero-order valence-electron chi connectivity index (χ0n) is 10.5.